The van der Waals surface area contributed by atoms with Crippen LogP contribution in [0.2, 0.25) is 44.8 Å². The van der Waals surface area contributed by atoms with Crippen LogP contribution in [0.1, 0.15) is 11.1 Å². The normalized spacial score (nSPS) is 13.7. The molecule has 26 heavy (non-hydrogen) atoms. The molecule has 0 heterocycles. The maximum atomic E-state index is 2.62. The number of hydrogen-bond donors (Lipinski definition) is 0. The van der Waals surface area contributed by atoms with Crippen LogP contribution >= 0.6 is 0 Å². The van der Waals surface area contributed by atoms with E-state index in [-0.39, 0.29) is 0 Å². The van der Waals surface area contributed by atoms with E-state index < -0.39 is 32.4 Å². The standard InChI is InChI=1S/2C11H15Si.CH3.Ga/c2*1-12(2,3)10-9-11-7-5-4-6-8-11;;/h2*4-9H,1-3H3;1H3;. The molecule has 0 amide bonds. The molecule has 0 radical (unpaired) electrons. The van der Waals surface area contributed by atoms with Crippen LogP contribution in [0.15, 0.2) is 68.2 Å². The molecule has 0 bridgehead atoms. The van der Waals surface area contributed by atoms with E-state index in [1.807, 2.05) is 7.50 Å². The summed E-state index contributed by atoms with van der Waals surface area (Å²) in [7, 11) is -2.73. The Balaban J connectivity index is 2.55. The third-order valence-electron chi connectivity index (χ3n) is 4.91. The fourth-order valence-electron chi connectivity index (χ4n) is 3.61. The Morgan fingerprint density at radius 3 is 1.19 bits per heavy atom. The molecular weight excluding hydrogens is 402 g/mol. The summed E-state index contributed by atoms with van der Waals surface area (Å²) in [6.45, 7) is 15.1. The summed E-state index contributed by atoms with van der Waals surface area (Å²) in [4.78, 5) is 0. The first-order chi connectivity index (χ1) is 12.1. The molecule has 0 N–H and O–H groups in total. The van der Waals surface area contributed by atoms with Gasteiger partial charge in [0, 0.05) is 0 Å². The van der Waals surface area contributed by atoms with Crippen molar-refractivity contribution in [2.24, 2.45) is 0 Å². The SMILES string of the molecule is [CH3][Ga](/[C](=C\c1ccccc1)[Si](C)(C)C)/[C](=C\c1ccccc1)[Si](C)(C)C. The first kappa shape index (κ1) is 21.3. The minimum absolute atomic E-state index is 1.37. The van der Waals surface area contributed by atoms with Crippen LogP contribution in [0.5, 0.6) is 0 Å². The van der Waals surface area contributed by atoms with Crippen LogP contribution in [0.3, 0.4) is 0 Å². The number of hydrogen-bond acceptors (Lipinski definition) is 0. The van der Waals surface area contributed by atoms with Crippen molar-refractivity contribution in [3.05, 3.63) is 79.3 Å². The second kappa shape index (κ2) is 8.79. The van der Waals surface area contributed by atoms with Gasteiger partial charge in [0.1, 0.15) is 0 Å². The molecule has 3 heteroatoms. The molecule has 0 aliphatic heterocycles. The molecule has 2 aromatic carbocycles. The quantitative estimate of drug-likeness (QED) is 0.424. The summed E-state index contributed by atoms with van der Waals surface area (Å²) in [5.74, 6) is 0. The maximum absolute atomic E-state index is 2.62. The van der Waals surface area contributed by atoms with E-state index in [0.29, 0.717) is 0 Å². The molecule has 2 rings (SSSR count). The van der Waals surface area contributed by atoms with E-state index in [0.717, 1.165) is 0 Å². The zero-order valence-electron chi connectivity index (χ0n) is 17.5. The molecule has 136 valence electrons. The Bertz CT molecular complexity index is 696. The summed E-state index contributed by atoms with van der Waals surface area (Å²) in [5.41, 5.74) is 5.36. The van der Waals surface area contributed by atoms with Crippen molar-refractivity contribution in [3.8, 4) is 0 Å². The molecule has 0 nitrogen and oxygen atoms in total. The molecule has 0 unspecified atom stereocenters. The van der Waals surface area contributed by atoms with Gasteiger partial charge in [0.25, 0.3) is 0 Å². The monoisotopic (exact) mass is 434 g/mol. The molecule has 0 aliphatic carbocycles. The van der Waals surface area contributed by atoms with Gasteiger partial charge in [-0.1, -0.05) is 0 Å². The van der Waals surface area contributed by atoms with E-state index >= 15 is 0 Å². The number of rotatable bonds is 6. The van der Waals surface area contributed by atoms with Crippen molar-refractivity contribution in [2.45, 2.75) is 44.8 Å². The summed E-state index contributed by atoms with van der Waals surface area (Å²) < 4.78 is 3.67. The predicted octanol–water partition coefficient (Wildman–Crippen LogP) is 7.11. The molecule has 0 saturated heterocycles. The summed E-state index contributed by atoms with van der Waals surface area (Å²) >= 11 is -1.76. The molecule has 0 aliphatic rings. The van der Waals surface area contributed by atoms with Gasteiger partial charge < -0.3 is 0 Å². The Kier molecular flexibility index (Phi) is 7.19. The fraction of sp³-hybridized carbons (Fsp3) is 0.304. The van der Waals surface area contributed by atoms with Gasteiger partial charge in [0.2, 0.25) is 0 Å². The zero-order valence-corrected chi connectivity index (χ0v) is 21.9. The zero-order chi connectivity index (χ0) is 19.4. The van der Waals surface area contributed by atoms with Gasteiger partial charge in [0.05, 0.1) is 0 Å². The van der Waals surface area contributed by atoms with Crippen molar-refractivity contribution in [1.29, 1.82) is 0 Å². The predicted molar refractivity (Wildman–Crippen MR) is 127 cm³/mol. The van der Waals surface area contributed by atoms with Crippen LogP contribution in [0, 0.1) is 0 Å². The van der Waals surface area contributed by atoms with Crippen molar-refractivity contribution in [2.75, 3.05) is 0 Å². The van der Waals surface area contributed by atoms with Gasteiger partial charge in [-0.15, -0.1) is 0 Å². The van der Waals surface area contributed by atoms with Crippen molar-refractivity contribution < 1.29 is 0 Å². The average Bonchev–Trinajstić information content (AvgIpc) is 2.57. The minimum atomic E-state index is -1.76. The first-order valence-corrected chi connectivity index (χ1v) is 21.5. The van der Waals surface area contributed by atoms with Crippen LogP contribution in [-0.2, 0) is 0 Å². The first-order valence-electron chi connectivity index (χ1n) is 9.63. The Morgan fingerprint density at radius 2 is 0.923 bits per heavy atom. The van der Waals surface area contributed by atoms with Gasteiger partial charge in [-0.2, -0.15) is 0 Å². The molecule has 0 spiro atoms. The molecule has 2 aromatic rings. The van der Waals surface area contributed by atoms with E-state index in [1.165, 1.54) is 11.1 Å². The van der Waals surface area contributed by atoms with Crippen LogP contribution in [0.25, 0.3) is 12.2 Å². The summed E-state index contributed by atoms with van der Waals surface area (Å²) in [5, 5.41) is 0. The third-order valence-corrected chi connectivity index (χ3v) is 28.7. The topological polar surface area (TPSA) is 0 Å². The second-order valence-electron chi connectivity index (χ2n) is 9.24. The summed E-state index contributed by atoms with van der Waals surface area (Å²) in [6, 6.07) is 21.9. The van der Waals surface area contributed by atoms with Crippen LogP contribution < -0.4 is 0 Å². The Labute approximate surface area is 168 Å². The van der Waals surface area contributed by atoms with Crippen molar-refractivity contribution >= 4 is 44.5 Å². The van der Waals surface area contributed by atoms with Crippen molar-refractivity contribution in [3.63, 3.8) is 0 Å². The van der Waals surface area contributed by atoms with Crippen LogP contribution in [-0.4, -0.2) is 32.4 Å². The molecule has 0 atom stereocenters. The number of benzene rings is 2. The fourth-order valence-corrected chi connectivity index (χ4v) is 28.7. The van der Waals surface area contributed by atoms with Gasteiger partial charge >= 0.3 is 169 Å². The second-order valence-corrected chi connectivity index (χ2v) is 27.5. The van der Waals surface area contributed by atoms with Gasteiger partial charge in [-0.05, 0) is 0 Å². The Hall–Kier alpha value is -1.01. The van der Waals surface area contributed by atoms with E-state index in [1.54, 1.807) is 0 Å². The van der Waals surface area contributed by atoms with Gasteiger partial charge in [0.15, 0.2) is 0 Å². The Morgan fingerprint density at radius 1 is 0.615 bits per heavy atom. The van der Waals surface area contributed by atoms with Gasteiger partial charge in [-0.25, -0.2) is 0 Å². The van der Waals surface area contributed by atoms with E-state index in [9.17, 15) is 0 Å². The van der Waals surface area contributed by atoms with E-state index in [4.69, 9.17) is 0 Å². The average molecular weight is 435 g/mol. The van der Waals surface area contributed by atoms with Gasteiger partial charge in [-0.3, -0.25) is 0 Å². The van der Waals surface area contributed by atoms with Crippen molar-refractivity contribution in [1.82, 2.24) is 0 Å². The molecule has 0 aromatic heterocycles. The van der Waals surface area contributed by atoms with Crippen LogP contribution in [0.4, 0.5) is 0 Å². The molecular formula is C23H33GaSi2. The third kappa shape index (κ3) is 6.02. The summed E-state index contributed by atoms with van der Waals surface area (Å²) in [6.07, 6.45) is 5.10. The molecule has 0 fully saturated rings. The molecule has 0 saturated carbocycles. The van der Waals surface area contributed by atoms with E-state index in [2.05, 4.69) is 118 Å².